The van der Waals surface area contributed by atoms with E-state index in [0.29, 0.717) is 17.8 Å². The molecule has 2 rings (SSSR count). The fourth-order valence-corrected chi connectivity index (χ4v) is 2.35. The molecule has 0 aliphatic heterocycles. The molecule has 0 saturated heterocycles. The molecule has 24 heavy (non-hydrogen) atoms. The SMILES string of the molecule is CNC(=O)c1cccc(N(C=O)Cc2cccc(OC(C)C)c2)c1. The van der Waals surface area contributed by atoms with Gasteiger partial charge >= 0.3 is 0 Å². The first-order valence-corrected chi connectivity index (χ1v) is 7.83. The van der Waals surface area contributed by atoms with Crippen LogP contribution < -0.4 is 15.0 Å². The summed E-state index contributed by atoms with van der Waals surface area (Å²) in [7, 11) is 1.58. The summed E-state index contributed by atoms with van der Waals surface area (Å²) in [5.41, 5.74) is 2.13. The van der Waals surface area contributed by atoms with E-state index in [0.717, 1.165) is 17.7 Å². The standard InChI is InChI=1S/C19H22N2O3/c1-14(2)24-18-9-4-6-15(10-18)12-21(13-22)17-8-5-7-16(11-17)19(23)20-3/h4-11,13-14H,12H2,1-3H3,(H,20,23). The van der Waals surface area contributed by atoms with E-state index in [1.165, 1.54) is 0 Å². The third kappa shape index (κ3) is 4.59. The molecule has 0 heterocycles. The van der Waals surface area contributed by atoms with Crippen LogP contribution in [0.15, 0.2) is 48.5 Å². The molecule has 1 N–H and O–H groups in total. The molecule has 0 unspecified atom stereocenters. The van der Waals surface area contributed by atoms with Crippen LogP contribution in [0.2, 0.25) is 0 Å². The minimum Gasteiger partial charge on any atom is -0.491 e. The zero-order valence-electron chi connectivity index (χ0n) is 14.2. The number of nitrogens with one attached hydrogen (secondary N) is 1. The monoisotopic (exact) mass is 326 g/mol. The normalized spacial score (nSPS) is 10.3. The minimum absolute atomic E-state index is 0.0895. The van der Waals surface area contributed by atoms with Crippen molar-refractivity contribution in [3.05, 3.63) is 59.7 Å². The zero-order chi connectivity index (χ0) is 17.5. The fourth-order valence-electron chi connectivity index (χ4n) is 2.35. The highest BCUT2D eigenvalue weighted by molar-refractivity contribution is 5.95. The second-order valence-corrected chi connectivity index (χ2v) is 5.68. The van der Waals surface area contributed by atoms with Crippen LogP contribution >= 0.6 is 0 Å². The molecule has 126 valence electrons. The lowest BCUT2D eigenvalue weighted by Crippen LogP contribution is -2.22. The molecule has 0 spiro atoms. The van der Waals surface area contributed by atoms with Gasteiger partial charge in [0, 0.05) is 18.3 Å². The number of ether oxygens (including phenoxy) is 1. The molecule has 0 bridgehead atoms. The van der Waals surface area contributed by atoms with E-state index in [1.807, 2.05) is 38.1 Å². The highest BCUT2D eigenvalue weighted by Gasteiger charge is 2.10. The maximum Gasteiger partial charge on any atom is 0.251 e. The summed E-state index contributed by atoms with van der Waals surface area (Å²) in [5, 5.41) is 2.58. The number of hydrogen-bond donors (Lipinski definition) is 1. The van der Waals surface area contributed by atoms with Crippen molar-refractivity contribution in [2.75, 3.05) is 11.9 Å². The Hall–Kier alpha value is -2.82. The summed E-state index contributed by atoms with van der Waals surface area (Å²) in [4.78, 5) is 24.8. The Morgan fingerprint density at radius 1 is 1.21 bits per heavy atom. The lowest BCUT2D eigenvalue weighted by molar-refractivity contribution is -0.107. The molecule has 0 aliphatic carbocycles. The maximum atomic E-state index is 11.7. The van der Waals surface area contributed by atoms with Crippen LogP contribution in [-0.2, 0) is 11.3 Å². The maximum absolute atomic E-state index is 11.7. The largest absolute Gasteiger partial charge is 0.491 e. The molecular weight excluding hydrogens is 304 g/mol. The number of carbonyl (C=O) groups excluding carboxylic acids is 2. The molecule has 0 fully saturated rings. The predicted octanol–water partition coefficient (Wildman–Crippen LogP) is 3.00. The summed E-state index contributed by atoms with van der Waals surface area (Å²) in [6.07, 6.45) is 0.852. The van der Waals surface area contributed by atoms with Gasteiger partial charge in [-0.15, -0.1) is 0 Å². The molecule has 0 aliphatic rings. The van der Waals surface area contributed by atoms with Crippen molar-refractivity contribution in [1.82, 2.24) is 5.32 Å². The molecular formula is C19H22N2O3. The van der Waals surface area contributed by atoms with Gasteiger partial charge in [-0.2, -0.15) is 0 Å². The third-order valence-electron chi connectivity index (χ3n) is 3.42. The van der Waals surface area contributed by atoms with Crippen molar-refractivity contribution in [2.24, 2.45) is 0 Å². The van der Waals surface area contributed by atoms with Crippen LogP contribution in [0.5, 0.6) is 5.75 Å². The van der Waals surface area contributed by atoms with Gasteiger partial charge in [0.25, 0.3) is 5.91 Å². The number of rotatable bonds is 7. The van der Waals surface area contributed by atoms with Crippen molar-refractivity contribution in [2.45, 2.75) is 26.5 Å². The summed E-state index contributed by atoms with van der Waals surface area (Å²) < 4.78 is 5.68. The van der Waals surface area contributed by atoms with Crippen molar-refractivity contribution < 1.29 is 14.3 Å². The Balaban J connectivity index is 2.21. The van der Waals surface area contributed by atoms with E-state index in [4.69, 9.17) is 4.74 Å². The van der Waals surface area contributed by atoms with Gasteiger partial charge < -0.3 is 15.0 Å². The summed E-state index contributed by atoms with van der Waals surface area (Å²) >= 11 is 0. The van der Waals surface area contributed by atoms with E-state index < -0.39 is 0 Å². The lowest BCUT2D eigenvalue weighted by atomic mass is 10.1. The number of carbonyl (C=O) groups is 2. The summed E-state index contributed by atoms with van der Waals surface area (Å²) in [6.45, 7) is 4.33. The van der Waals surface area contributed by atoms with Crippen molar-refractivity contribution in [3.8, 4) is 5.75 Å². The minimum atomic E-state index is -0.185. The molecule has 0 atom stereocenters. The highest BCUT2D eigenvalue weighted by atomic mass is 16.5. The molecule has 0 radical (unpaired) electrons. The van der Waals surface area contributed by atoms with Gasteiger partial charge in [-0.25, -0.2) is 0 Å². The first kappa shape index (κ1) is 17.5. The van der Waals surface area contributed by atoms with Crippen LogP contribution in [0.1, 0.15) is 29.8 Å². The Kier molecular flexibility index (Phi) is 5.95. The van der Waals surface area contributed by atoms with Gasteiger partial charge in [-0.1, -0.05) is 18.2 Å². The average Bonchev–Trinajstić information content (AvgIpc) is 2.58. The van der Waals surface area contributed by atoms with Gasteiger partial charge in [0.1, 0.15) is 5.75 Å². The summed E-state index contributed by atoms with van der Waals surface area (Å²) in [5.74, 6) is 0.586. The molecule has 0 saturated carbocycles. The molecule has 2 aromatic carbocycles. The number of benzene rings is 2. The number of hydrogen-bond acceptors (Lipinski definition) is 3. The quantitative estimate of drug-likeness (QED) is 0.796. The second kappa shape index (κ2) is 8.15. The third-order valence-corrected chi connectivity index (χ3v) is 3.42. The van der Waals surface area contributed by atoms with E-state index in [-0.39, 0.29) is 12.0 Å². The summed E-state index contributed by atoms with van der Waals surface area (Å²) in [6, 6.07) is 14.6. The van der Waals surface area contributed by atoms with E-state index in [1.54, 1.807) is 36.2 Å². The van der Waals surface area contributed by atoms with Crippen molar-refractivity contribution in [3.63, 3.8) is 0 Å². The smallest absolute Gasteiger partial charge is 0.251 e. The lowest BCUT2D eigenvalue weighted by Gasteiger charge is -2.19. The van der Waals surface area contributed by atoms with Gasteiger partial charge in [-0.3, -0.25) is 9.59 Å². The Morgan fingerprint density at radius 2 is 1.96 bits per heavy atom. The zero-order valence-corrected chi connectivity index (χ0v) is 14.2. The predicted molar refractivity (Wildman–Crippen MR) is 94.3 cm³/mol. The second-order valence-electron chi connectivity index (χ2n) is 5.68. The van der Waals surface area contributed by atoms with E-state index in [2.05, 4.69) is 5.32 Å². The highest BCUT2D eigenvalue weighted by Crippen LogP contribution is 2.20. The van der Waals surface area contributed by atoms with Crippen LogP contribution in [0.25, 0.3) is 0 Å². The van der Waals surface area contributed by atoms with E-state index >= 15 is 0 Å². The molecule has 2 aromatic rings. The molecule has 0 aromatic heterocycles. The number of anilines is 1. The van der Waals surface area contributed by atoms with Crippen molar-refractivity contribution >= 4 is 18.0 Å². The molecule has 2 amide bonds. The van der Waals surface area contributed by atoms with Crippen LogP contribution in [0.4, 0.5) is 5.69 Å². The number of amides is 2. The topological polar surface area (TPSA) is 58.6 Å². The first-order valence-electron chi connectivity index (χ1n) is 7.83. The van der Waals surface area contributed by atoms with Gasteiger partial charge in [0.15, 0.2) is 0 Å². The Morgan fingerprint density at radius 3 is 2.62 bits per heavy atom. The Labute approximate surface area is 142 Å². The average molecular weight is 326 g/mol. The van der Waals surface area contributed by atoms with Crippen LogP contribution in [0, 0.1) is 0 Å². The molecule has 5 heteroatoms. The number of nitrogens with zero attached hydrogens (tertiary/aromatic N) is 1. The van der Waals surface area contributed by atoms with Gasteiger partial charge in [0.05, 0.1) is 12.6 Å². The Bertz CT molecular complexity index is 713. The fraction of sp³-hybridized carbons (Fsp3) is 0.263. The van der Waals surface area contributed by atoms with E-state index in [9.17, 15) is 9.59 Å². The van der Waals surface area contributed by atoms with Crippen molar-refractivity contribution in [1.29, 1.82) is 0 Å². The molecule has 5 nitrogen and oxygen atoms in total. The van der Waals surface area contributed by atoms with Crippen LogP contribution in [-0.4, -0.2) is 25.5 Å². The van der Waals surface area contributed by atoms with Crippen LogP contribution in [0.3, 0.4) is 0 Å². The van der Waals surface area contributed by atoms with Gasteiger partial charge in [0.2, 0.25) is 6.41 Å². The first-order chi connectivity index (χ1) is 11.5. The van der Waals surface area contributed by atoms with Gasteiger partial charge in [-0.05, 0) is 49.7 Å².